The third-order valence-electron chi connectivity index (χ3n) is 8.35. The van der Waals surface area contributed by atoms with Gasteiger partial charge in [0, 0.05) is 42.0 Å². The molecule has 0 radical (unpaired) electrons. The summed E-state index contributed by atoms with van der Waals surface area (Å²) in [7, 11) is 0. The number of aromatic nitrogens is 2. The molecule has 7 rings (SSSR count). The smallest absolute Gasteiger partial charge is 0.283 e. The lowest BCUT2D eigenvalue weighted by atomic mass is 9.93. The summed E-state index contributed by atoms with van der Waals surface area (Å²) in [6.07, 6.45) is 0.673. The van der Waals surface area contributed by atoms with E-state index in [2.05, 4.69) is 6.07 Å². The fourth-order valence-corrected chi connectivity index (χ4v) is 6.12. The van der Waals surface area contributed by atoms with Crippen molar-refractivity contribution in [2.45, 2.75) is 19.0 Å². The number of anilines is 2. The number of fused-ring (bicyclic) bond motifs is 2. The second kappa shape index (κ2) is 11.7. The SMILES string of the molecule is NC[C@@H]1Cc2ccccc2CN1C(=O)c1ccccc1-n1nc(C(=O)N(c2ccccc2)c2ccccc2)c2ccc(O)cc21. The van der Waals surface area contributed by atoms with E-state index in [1.165, 1.54) is 11.6 Å². The minimum absolute atomic E-state index is 0.0188. The van der Waals surface area contributed by atoms with E-state index in [0.717, 1.165) is 5.56 Å². The molecular formula is C37H31N5O3. The van der Waals surface area contributed by atoms with Crippen molar-refractivity contribution < 1.29 is 14.7 Å². The first-order valence-corrected chi connectivity index (χ1v) is 14.9. The van der Waals surface area contributed by atoms with Gasteiger partial charge in [-0.05, 0) is 66.1 Å². The van der Waals surface area contributed by atoms with Crippen molar-refractivity contribution in [1.82, 2.24) is 14.7 Å². The molecule has 0 bridgehead atoms. The van der Waals surface area contributed by atoms with Gasteiger partial charge in [-0.15, -0.1) is 0 Å². The van der Waals surface area contributed by atoms with E-state index >= 15 is 0 Å². The Morgan fingerprint density at radius 2 is 1.42 bits per heavy atom. The zero-order valence-electron chi connectivity index (χ0n) is 24.5. The molecule has 6 aromatic rings. The Bertz CT molecular complexity index is 1980. The highest BCUT2D eigenvalue weighted by Gasteiger charge is 2.32. The van der Waals surface area contributed by atoms with Crippen molar-refractivity contribution in [2.24, 2.45) is 5.73 Å². The molecule has 8 heteroatoms. The van der Waals surface area contributed by atoms with Crippen LogP contribution in [-0.2, 0) is 13.0 Å². The number of rotatable bonds is 6. The number of para-hydroxylation sites is 3. The van der Waals surface area contributed by atoms with E-state index in [-0.39, 0.29) is 29.3 Å². The van der Waals surface area contributed by atoms with E-state index in [9.17, 15) is 14.7 Å². The Balaban J connectivity index is 1.35. The number of nitrogens with zero attached hydrogens (tertiary/aromatic N) is 4. The summed E-state index contributed by atoms with van der Waals surface area (Å²) >= 11 is 0. The van der Waals surface area contributed by atoms with Crippen LogP contribution in [0.1, 0.15) is 32.0 Å². The molecule has 1 atom stereocenters. The van der Waals surface area contributed by atoms with E-state index in [0.29, 0.717) is 53.0 Å². The lowest BCUT2D eigenvalue weighted by molar-refractivity contribution is 0.0647. The largest absolute Gasteiger partial charge is 0.508 e. The summed E-state index contributed by atoms with van der Waals surface area (Å²) in [5, 5.41) is 15.9. The van der Waals surface area contributed by atoms with Crippen LogP contribution in [0.25, 0.3) is 16.6 Å². The number of carbonyl (C=O) groups excluding carboxylic acids is 2. The highest BCUT2D eigenvalue weighted by molar-refractivity contribution is 6.16. The summed E-state index contributed by atoms with van der Waals surface area (Å²) in [5.41, 5.74) is 11.5. The van der Waals surface area contributed by atoms with Crippen molar-refractivity contribution in [1.29, 1.82) is 0 Å². The van der Waals surface area contributed by atoms with Gasteiger partial charge in [0.15, 0.2) is 5.69 Å². The van der Waals surface area contributed by atoms with Crippen molar-refractivity contribution in [3.63, 3.8) is 0 Å². The monoisotopic (exact) mass is 593 g/mol. The molecule has 1 aliphatic rings. The van der Waals surface area contributed by atoms with Gasteiger partial charge in [0.05, 0.1) is 16.8 Å². The fourth-order valence-electron chi connectivity index (χ4n) is 6.12. The molecule has 2 amide bonds. The molecule has 1 aromatic heterocycles. The van der Waals surface area contributed by atoms with Crippen LogP contribution in [0.4, 0.5) is 11.4 Å². The molecule has 0 unspecified atom stereocenters. The number of phenols is 1. The third-order valence-corrected chi connectivity index (χ3v) is 8.35. The molecule has 0 spiro atoms. The van der Waals surface area contributed by atoms with Crippen LogP contribution in [0.3, 0.4) is 0 Å². The summed E-state index contributed by atoms with van der Waals surface area (Å²) in [5.74, 6) is -0.505. The Morgan fingerprint density at radius 3 is 2.11 bits per heavy atom. The lowest BCUT2D eigenvalue weighted by Gasteiger charge is -2.36. The van der Waals surface area contributed by atoms with Gasteiger partial charge in [-0.2, -0.15) is 5.10 Å². The van der Waals surface area contributed by atoms with Crippen molar-refractivity contribution >= 4 is 34.1 Å². The summed E-state index contributed by atoms with van der Waals surface area (Å²) in [6, 6.07) is 38.7. The second-order valence-corrected chi connectivity index (χ2v) is 11.1. The molecule has 45 heavy (non-hydrogen) atoms. The van der Waals surface area contributed by atoms with Crippen LogP contribution in [-0.4, -0.2) is 44.2 Å². The molecule has 0 aliphatic carbocycles. The Labute approximate surface area is 260 Å². The zero-order valence-corrected chi connectivity index (χ0v) is 24.5. The minimum Gasteiger partial charge on any atom is -0.508 e. The summed E-state index contributed by atoms with van der Waals surface area (Å²) < 4.78 is 1.58. The molecule has 3 N–H and O–H groups in total. The minimum atomic E-state index is -0.346. The lowest BCUT2D eigenvalue weighted by Crippen LogP contribution is -2.48. The summed E-state index contributed by atoms with van der Waals surface area (Å²) in [4.78, 5) is 32.2. The molecule has 1 aliphatic heterocycles. The number of aromatic hydroxyl groups is 1. The van der Waals surface area contributed by atoms with Gasteiger partial charge in [-0.25, -0.2) is 4.68 Å². The Morgan fingerprint density at radius 1 is 0.800 bits per heavy atom. The molecule has 5 aromatic carbocycles. The average Bonchev–Trinajstić information content (AvgIpc) is 3.47. The normalized spacial score (nSPS) is 14.2. The first-order chi connectivity index (χ1) is 22.0. The van der Waals surface area contributed by atoms with E-state index < -0.39 is 0 Å². The van der Waals surface area contributed by atoms with Gasteiger partial charge in [0.1, 0.15) is 5.75 Å². The molecule has 2 heterocycles. The standard InChI is InChI=1S/C37H31N5O3/c38-23-29-21-25-11-7-8-12-26(25)24-40(29)36(44)32-17-9-10-18-33(32)42-34-22-30(43)19-20-31(34)35(39-42)37(45)41(27-13-3-1-4-14-27)28-15-5-2-6-16-28/h1-20,22,29,43H,21,23-24,38H2/t29-/m0/s1. The predicted molar refractivity (Wildman–Crippen MR) is 175 cm³/mol. The van der Waals surface area contributed by atoms with Crippen LogP contribution in [0.2, 0.25) is 0 Å². The van der Waals surface area contributed by atoms with Gasteiger partial charge in [-0.1, -0.05) is 72.8 Å². The number of amides is 2. The van der Waals surface area contributed by atoms with Gasteiger partial charge in [0.25, 0.3) is 11.8 Å². The number of benzene rings is 5. The topological polar surface area (TPSA) is 105 Å². The van der Waals surface area contributed by atoms with Crippen LogP contribution < -0.4 is 10.6 Å². The molecule has 0 saturated carbocycles. The van der Waals surface area contributed by atoms with E-state index in [1.54, 1.807) is 33.8 Å². The van der Waals surface area contributed by atoms with Crippen LogP contribution in [0.5, 0.6) is 5.75 Å². The highest BCUT2D eigenvalue weighted by Crippen LogP contribution is 2.33. The first-order valence-electron chi connectivity index (χ1n) is 14.9. The summed E-state index contributed by atoms with van der Waals surface area (Å²) in [6.45, 7) is 0.771. The zero-order chi connectivity index (χ0) is 30.9. The fraction of sp³-hybridized carbons (Fsp3) is 0.108. The third kappa shape index (κ3) is 5.11. The van der Waals surface area contributed by atoms with E-state index in [4.69, 9.17) is 10.8 Å². The Hall–Kier alpha value is -5.73. The molecule has 8 nitrogen and oxygen atoms in total. The molecular weight excluding hydrogens is 562 g/mol. The molecule has 0 saturated heterocycles. The van der Waals surface area contributed by atoms with E-state index in [1.807, 2.05) is 95.9 Å². The van der Waals surface area contributed by atoms with Crippen molar-refractivity contribution in [3.05, 3.63) is 150 Å². The number of hydrogen-bond acceptors (Lipinski definition) is 5. The van der Waals surface area contributed by atoms with Crippen LogP contribution in [0.15, 0.2) is 127 Å². The predicted octanol–water partition coefficient (Wildman–Crippen LogP) is 6.24. The maximum atomic E-state index is 14.5. The number of phenolic OH excluding ortho intramolecular Hbond substituents is 1. The Kier molecular flexibility index (Phi) is 7.33. The van der Waals surface area contributed by atoms with Gasteiger partial charge < -0.3 is 15.7 Å². The molecule has 0 fully saturated rings. The van der Waals surface area contributed by atoms with Crippen LogP contribution >= 0.6 is 0 Å². The van der Waals surface area contributed by atoms with Gasteiger partial charge >= 0.3 is 0 Å². The maximum absolute atomic E-state index is 14.5. The second-order valence-electron chi connectivity index (χ2n) is 11.1. The van der Waals surface area contributed by atoms with Crippen molar-refractivity contribution in [3.8, 4) is 11.4 Å². The maximum Gasteiger partial charge on any atom is 0.283 e. The quantitative estimate of drug-likeness (QED) is 0.238. The number of hydrogen-bond donors (Lipinski definition) is 2. The van der Waals surface area contributed by atoms with Crippen LogP contribution in [0, 0.1) is 0 Å². The first kappa shape index (κ1) is 28.1. The average molecular weight is 594 g/mol. The number of nitrogens with two attached hydrogens (primary N) is 1. The highest BCUT2D eigenvalue weighted by atomic mass is 16.3. The van der Waals surface area contributed by atoms with Crippen molar-refractivity contribution in [2.75, 3.05) is 11.4 Å². The van der Waals surface area contributed by atoms with Gasteiger partial charge in [-0.3, -0.25) is 14.5 Å². The molecule has 222 valence electrons. The van der Waals surface area contributed by atoms with Gasteiger partial charge in [0.2, 0.25) is 0 Å². The number of carbonyl (C=O) groups is 2.